The highest BCUT2D eigenvalue weighted by Crippen LogP contribution is 2.14. The van der Waals surface area contributed by atoms with Crippen LogP contribution in [0.2, 0.25) is 0 Å². The number of phenolic OH excluding ortho intramolecular Hbond substituents is 1. The van der Waals surface area contributed by atoms with Gasteiger partial charge in [0.2, 0.25) is 59.1 Å². The van der Waals surface area contributed by atoms with Crippen molar-refractivity contribution in [3.63, 3.8) is 0 Å². The average molecular weight is 1060 g/mol. The maximum absolute atomic E-state index is 14.4. The molecule has 27 heteroatoms. The van der Waals surface area contributed by atoms with E-state index in [-0.39, 0.29) is 89.6 Å². The standard InChI is InChI=1S/C48H79N13O14/c1-26(2)39(48(74)75)60-44(70)33-17-18-37(65)54-23-19-38(66)53-22-9-6-12-32(43(69)61-40(27(3)62)47(73)57-33)55-42(68)31(11-5-8-21-50)56-45(71)34(24-28-13-15-29(63)16-14-28)59-46(72)35(25-36(52)64)58-41(67)30(51)10-4-7-20-49/h13-16,26-27,30-35,39-40,62-63H,4-12,17-25,49-51H2,1-3H3,(H2,52,64)(H,53,66)(H,54,65)(H,55,68)(H,56,71)(H,57,73)(H,58,67)(H,59,72)(H,60,70)(H,61,69)(H,74,75)/t27?,30-,31-,32-,33-,34-,35-,39?,40-/m0/s1. The lowest BCUT2D eigenvalue weighted by atomic mass is 10.0. The first-order valence-electron chi connectivity index (χ1n) is 25.3. The molecule has 1 saturated heterocycles. The first-order chi connectivity index (χ1) is 35.5. The van der Waals surface area contributed by atoms with Crippen LogP contribution in [0.3, 0.4) is 0 Å². The number of carboxylic acids is 1. The minimum Gasteiger partial charge on any atom is -0.508 e. The lowest BCUT2D eigenvalue weighted by Crippen LogP contribution is -2.62. The molecule has 1 aliphatic rings. The lowest BCUT2D eigenvalue weighted by Gasteiger charge is -2.29. The molecule has 2 rings (SSSR count). The van der Waals surface area contributed by atoms with Crippen LogP contribution in [-0.2, 0) is 59.2 Å². The maximum atomic E-state index is 14.4. The molecule has 0 spiro atoms. The van der Waals surface area contributed by atoms with E-state index in [1.165, 1.54) is 38.1 Å². The van der Waals surface area contributed by atoms with Crippen molar-refractivity contribution < 1.29 is 68.1 Å². The van der Waals surface area contributed by atoms with Gasteiger partial charge in [-0.2, -0.15) is 0 Å². The number of aromatic hydroxyl groups is 1. The summed E-state index contributed by atoms with van der Waals surface area (Å²) in [6.07, 6.45) is -1.22. The SMILES string of the molecule is CC(C)C(NC(=O)[C@@H]1CCC(=O)NCCC(=O)NCCCC[C@H](NC(=O)[C@H](CCCCN)NC(=O)[C@H](Cc2ccc(O)cc2)NC(=O)[C@H](CC(N)=O)NC(=O)[C@@H](N)CCCCN)C(=O)N[C@@H](C(C)O)C(=O)N1)C(=O)O. The molecule has 1 heterocycles. The van der Waals surface area contributed by atoms with Crippen LogP contribution in [0.15, 0.2) is 24.3 Å². The van der Waals surface area contributed by atoms with Crippen molar-refractivity contribution in [2.45, 2.75) is 165 Å². The van der Waals surface area contributed by atoms with Gasteiger partial charge in [0.15, 0.2) is 0 Å². The summed E-state index contributed by atoms with van der Waals surface area (Å²) in [7, 11) is 0. The van der Waals surface area contributed by atoms with Gasteiger partial charge in [0.1, 0.15) is 48.0 Å². The lowest BCUT2D eigenvalue weighted by molar-refractivity contribution is -0.144. The number of primary amides is 1. The van der Waals surface area contributed by atoms with Gasteiger partial charge in [-0.15, -0.1) is 0 Å². The fraction of sp³-hybridized carbons (Fsp3) is 0.646. The van der Waals surface area contributed by atoms with E-state index in [9.17, 15) is 68.1 Å². The summed E-state index contributed by atoms with van der Waals surface area (Å²) < 4.78 is 0. The molecule has 0 radical (unpaired) electrons. The van der Waals surface area contributed by atoms with Crippen LogP contribution in [0.25, 0.3) is 0 Å². The molecule has 20 N–H and O–H groups in total. The van der Waals surface area contributed by atoms with Gasteiger partial charge in [-0.25, -0.2) is 4.79 Å². The fourth-order valence-corrected chi connectivity index (χ4v) is 7.68. The molecule has 0 aliphatic carbocycles. The molecule has 75 heavy (non-hydrogen) atoms. The maximum Gasteiger partial charge on any atom is 0.326 e. The van der Waals surface area contributed by atoms with Gasteiger partial charge in [-0.1, -0.05) is 32.4 Å². The number of carbonyl (C=O) groups is 11. The summed E-state index contributed by atoms with van der Waals surface area (Å²) >= 11 is 0. The van der Waals surface area contributed by atoms with Crippen molar-refractivity contribution in [3.05, 3.63) is 29.8 Å². The number of hydrogen-bond acceptors (Lipinski definition) is 16. The predicted octanol–water partition coefficient (Wildman–Crippen LogP) is -4.50. The van der Waals surface area contributed by atoms with E-state index in [1.807, 2.05) is 0 Å². The third-order valence-electron chi connectivity index (χ3n) is 12.1. The van der Waals surface area contributed by atoms with E-state index >= 15 is 0 Å². The number of phenols is 1. The summed E-state index contributed by atoms with van der Waals surface area (Å²) in [5, 5.41) is 53.1. The molecule has 9 atom stereocenters. The average Bonchev–Trinajstić information content (AvgIpc) is 3.34. The summed E-state index contributed by atoms with van der Waals surface area (Å²) in [6, 6.07) is -6.23. The Labute approximate surface area is 435 Å². The van der Waals surface area contributed by atoms with Crippen molar-refractivity contribution in [2.75, 3.05) is 26.2 Å². The number of carboxylic acid groups (broad SMARTS) is 1. The van der Waals surface area contributed by atoms with E-state index in [0.717, 1.165) is 6.92 Å². The zero-order chi connectivity index (χ0) is 56.2. The molecule has 10 amide bonds. The smallest absolute Gasteiger partial charge is 0.326 e. The molecule has 1 fully saturated rings. The Morgan fingerprint density at radius 1 is 0.693 bits per heavy atom. The van der Waals surface area contributed by atoms with Crippen LogP contribution in [0, 0.1) is 5.92 Å². The van der Waals surface area contributed by atoms with Gasteiger partial charge >= 0.3 is 5.97 Å². The molecule has 0 aromatic heterocycles. The number of aliphatic carboxylic acids is 1. The van der Waals surface area contributed by atoms with E-state index in [1.54, 1.807) is 0 Å². The van der Waals surface area contributed by atoms with E-state index in [0.29, 0.717) is 31.4 Å². The highest BCUT2D eigenvalue weighted by atomic mass is 16.4. The Hall–Kier alpha value is -6.97. The van der Waals surface area contributed by atoms with E-state index in [2.05, 4.69) is 47.9 Å². The van der Waals surface area contributed by atoms with Gasteiger partial charge in [-0.3, -0.25) is 47.9 Å². The summed E-state index contributed by atoms with van der Waals surface area (Å²) in [4.78, 5) is 147. The number of hydrogen-bond donors (Lipinski definition) is 16. The first kappa shape index (κ1) is 64.1. The number of carbonyl (C=O) groups excluding carboxylic acids is 10. The third-order valence-corrected chi connectivity index (χ3v) is 12.1. The predicted molar refractivity (Wildman–Crippen MR) is 271 cm³/mol. The number of nitrogens with one attached hydrogen (secondary N) is 9. The summed E-state index contributed by atoms with van der Waals surface area (Å²) in [5.74, 6) is -10.8. The van der Waals surface area contributed by atoms with Gasteiger partial charge in [-0.05, 0) is 101 Å². The van der Waals surface area contributed by atoms with Gasteiger partial charge in [0.25, 0.3) is 0 Å². The van der Waals surface area contributed by atoms with Crippen LogP contribution in [0.1, 0.15) is 110 Å². The largest absolute Gasteiger partial charge is 0.508 e. The molecule has 27 nitrogen and oxygen atoms in total. The van der Waals surface area contributed by atoms with E-state index < -0.39 is 132 Å². The number of unbranched alkanes of at least 4 members (excludes halogenated alkanes) is 2. The number of nitrogens with two attached hydrogens (primary N) is 4. The van der Waals surface area contributed by atoms with Gasteiger partial charge in [0.05, 0.1) is 18.6 Å². The van der Waals surface area contributed by atoms with Crippen molar-refractivity contribution in [1.29, 1.82) is 0 Å². The molecular formula is C48H79N13O14. The molecule has 2 unspecified atom stereocenters. The van der Waals surface area contributed by atoms with Gasteiger partial charge in [0, 0.05) is 32.4 Å². The minimum atomic E-state index is -1.79. The Morgan fingerprint density at radius 2 is 1.28 bits per heavy atom. The molecule has 0 bridgehead atoms. The van der Waals surface area contributed by atoms with Gasteiger partial charge < -0.3 is 86.1 Å². The Morgan fingerprint density at radius 3 is 1.88 bits per heavy atom. The van der Waals surface area contributed by atoms with Crippen LogP contribution >= 0.6 is 0 Å². The number of rotatable bonds is 25. The number of amides is 10. The monoisotopic (exact) mass is 1060 g/mol. The van der Waals surface area contributed by atoms with Crippen LogP contribution < -0.4 is 70.8 Å². The molecule has 1 aliphatic heterocycles. The highest BCUT2D eigenvalue weighted by molar-refractivity contribution is 5.98. The Bertz CT molecular complexity index is 2090. The van der Waals surface area contributed by atoms with Crippen molar-refractivity contribution in [3.8, 4) is 5.75 Å². The zero-order valence-corrected chi connectivity index (χ0v) is 43.0. The number of aliphatic hydroxyl groups excluding tert-OH is 1. The summed E-state index contributed by atoms with van der Waals surface area (Å²) in [6.45, 7) is 4.84. The molecule has 420 valence electrons. The molecule has 1 aromatic rings. The van der Waals surface area contributed by atoms with Crippen molar-refractivity contribution >= 4 is 65.0 Å². The first-order valence-corrected chi connectivity index (χ1v) is 25.3. The fourth-order valence-electron chi connectivity index (χ4n) is 7.68. The molecular weight excluding hydrogens is 983 g/mol. The van der Waals surface area contributed by atoms with E-state index in [4.69, 9.17) is 22.9 Å². The summed E-state index contributed by atoms with van der Waals surface area (Å²) in [5.41, 5.74) is 23.2. The highest BCUT2D eigenvalue weighted by Gasteiger charge is 2.36. The van der Waals surface area contributed by atoms with Crippen molar-refractivity contribution in [1.82, 2.24) is 47.9 Å². The normalized spacial score (nSPS) is 19.7. The molecule has 1 aromatic carbocycles. The third kappa shape index (κ3) is 24.3. The second kappa shape index (κ2) is 33.8. The number of aliphatic hydroxyl groups is 1. The quantitative estimate of drug-likeness (QED) is 0.0410. The second-order valence-corrected chi connectivity index (χ2v) is 18.8. The number of benzene rings is 1. The Kier molecular flexibility index (Phi) is 28.9. The minimum absolute atomic E-state index is 0.0590. The zero-order valence-electron chi connectivity index (χ0n) is 43.0. The Balaban J connectivity index is 2.55. The van der Waals surface area contributed by atoms with Crippen LogP contribution in [0.5, 0.6) is 5.75 Å². The van der Waals surface area contributed by atoms with Crippen LogP contribution in [-0.4, -0.2) is 161 Å². The van der Waals surface area contributed by atoms with Crippen LogP contribution in [0.4, 0.5) is 0 Å². The topological polar surface area (TPSA) is 461 Å². The molecule has 0 saturated carbocycles. The second-order valence-electron chi connectivity index (χ2n) is 18.8. The van der Waals surface area contributed by atoms with Crippen molar-refractivity contribution in [2.24, 2.45) is 28.9 Å².